The number of ketones is 1. The molecule has 0 aliphatic carbocycles. The summed E-state index contributed by atoms with van der Waals surface area (Å²) in [6.45, 7) is 3.01. The van der Waals surface area contributed by atoms with Crippen molar-refractivity contribution in [2.75, 3.05) is 6.61 Å². The molecular weight excluding hydrogens is 185 g/mol. The monoisotopic (exact) mass is 193 g/mol. The van der Waals surface area contributed by atoms with Crippen molar-refractivity contribution in [1.29, 1.82) is 5.26 Å². The molecule has 0 aliphatic rings. The molecule has 0 saturated heterocycles. The third-order valence-corrected chi connectivity index (χ3v) is 0.969. The molecule has 5 heteroatoms. The fourth-order valence-corrected chi connectivity index (χ4v) is 0.401. The standard InChI is InChI=1S/C7H8NO3.K/c1-3-11-7(10)6(9)5(2)4-8;/h3H2,1-2H3;/q-1;+1. The Hall–Kier alpha value is 0.136. The first kappa shape index (κ1) is 14.6. The van der Waals surface area contributed by atoms with Crippen molar-refractivity contribution in [3.05, 3.63) is 5.92 Å². The molecular formula is C7H8KNO3. The van der Waals surface area contributed by atoms with Gasteiger partial charge in [-0.25, -0.2) is 5.26 Å². The van der Waals surface area contributed by atoms with Crippen LogP contribution in [-0.4, -0.2) is 18.4 Å². The summed E-state index contributed by atoms with van der Waals surface area (Å²) in [6, 6.07) is 1.57. The summed E-state index contributed by atoms with van der Waals surface area (Å²) in [7, 11) is 0. The van der Waals surface area contributed by atoms with Crippen molar-refractivity contribution in [1.82, 2.24) is 0 Å². The van der Waals surface area contributed by atoms with E-state index in [0.29, 0.717) is 0 Å². The second-order valence-electron chi connectivity index (χ2n) is 1.79. The van der Waals surface area contributed by atoms with Crippen molar-refractivity contribution < 1.29 is 65.7 Å². The van der Waals surface area contributed by atoms with Gasteiger partial charge in [0.1, 0.15) is 5.78 Å². The van der Waals surface area contributed by atoms with Crippen LogP contribution in [0.1, 0.15) is 13.8 Å². The molecule has 0 amide bonds. The summed E-state index contributed by atoms with van der Waals surface area (Å²) < 4.78 is 4.37. The number of Topliss-reactive ketones (excluding diaryl/α,β-unsaturated/α-hetero) is 1. The van der Waals surface area contributed by atoms with Crippen LogP contribution in [0, 0.1) is 17.2 Å². The van der Waals surface area contributed by atoms with Crippen molar-refractivity contribution in [3.8, 4) is 6.07 Å². The molecule has 0 N–H and O–H groups in total. The quantitative estimate of drug-likeness (QED) is 0.211. The van der Waals surface area contributed by atoms with Crippen LogP contribution >= 0.6 is 0 Å². The zero-order chi connectivity index (χ0) is 8.85. The van der Waals surface area contributed by atoms with E-state index in [1.165, 1.54) is 6.92 Å². The zero-order valence-corrected chi connectivity index (χ0v) is 10.5. The van der Waals surface area contributed by atoms with Gasteiger partial charge < -0.3 is 14.3 Å². The number of rotatable bonds is 3. The maximum absolute atomic E-state index is 10.7. The van der Waals surface area contributed by atoms with Gasteiger partial charge in [-0.3, -0.25) is 0 Å². The van der Waals surface area contributed by atoms with Crippen LogP contribution in [0.25, 0.3) is 0 Å². The number of carbonyl (C=O) groups is 2. The van der Waals surface area contributed by atoms with E-state index in [1.54, 1.807) is 13.0 Å². The second-order valence-corrected chi connectivity index (χ2v) is 1.79. The van der Waals surface area contributed by atoms with Gasteiger partial charge in [-0.1, -0.05) is 12.8 Å². The maximum atomic E-state index is 10.7. The number of carbonyl (C=O) groups excluding carboxylic acids is 2. The van der Waals surface area contributed by atoms with Crippen LogP contribution < -0.4 is 51.4 Å². The van der Waals surface area contributed by atoms with Crippen LogP contribution in [0.15, 0.2) is 0 Å². The van der Waals surface area contributed by atoms with Crippen LogP contribution in [0.4, 0.5) is 0 Å². The van der Waals surface area contributed by atoms with Crippen molar-refractivity contribution in [3.63, 3.8) is 0 Å². The molecule has 0 aromatic carbocycles. The Morgan fingerprint density at radius 1 is 1.58 bits per heavy atom. The number of ether oxygens (including phenoxy) is 1. The summed E-state index contributed by atoms with van der Waals surface area (Å²) in [5.74, 6) is -1.98. The Morgan fingerprint density at radius 3 is 2.42 bits per heavy atom. The Kier molecular flexibility index (Phi) is 9.48. The predicted octanol–water partition coefficient (Wildman–Crippen LogP) is -2.76. The van der Waals surface area contributed by atoms with Crippen LogP contribution in [-0.2, 0) is 14.3 Å². The van der Waals surface area contributed by atoms with E-state index in [9.17, 15) is 9.59 Å². The van der Waals surface area contributed by atoms with E-state index >= 15 is 0 Å². The molecule has 4 nitrogen and oxygen atoms in total. The largest absolute Gasteiger partial charge is 1.00 e. The SMILES string of the molecule is CCOC(=O)C(=O)[C-](C)C#N.[K+]. The van der Waals surface area contributed by atoms with E-state index in [-0.39, 0.29) is 63.9 Å². The van der Waals surface area contributed by atoms with Gasteiger partial charge in [-0.15, -0.1) is 0 Å². The van der Waals surface area contributed by atoms with E-state index in [2.05, 4.69) is 4.74 Å². The maximum Gasteiger partial charge on any atom is 1.00 e. The minimum Gasteiger partial charge on any atom is -0.545 e. The van der Waals surface area contributed by atoms with Gasteiger partial charge in [0.25, 0.3) is 0 Å². The number of hydrogen-bond acceptors (Lipinski definition) is 4. The molecule has 0 rings (SSSR count). The van der Waals surface area contributed by atoms with Crippen molar-refractivity contribution in [2.45, 2.75) is 13.8 Å². The summed E-state index contributed by atoms with van der Waals surface area (Å²) in [5, 5.41) is 8.21. The molecule has 0 aromatic heterocycles. The Balaban J connectivity index is 0. The van der Waals surface area contributed by atoms with Crippen molar-refractivity contribution in [2.24, 2.45) is 0 Å². The molecule has 0 saturated carbocycles. The Labute approximate surface area is 114 Å². The zero-order valence-electron chi connectivity index (χ0n) is 7.38. The first-order valence-electron chi connectivity index (χ1n) is 3.08. The van der Waals surface area contributed by atoms with E-state index in [0.717, 1.165) is 0 Å². The summed E-state index contributed by atoms with van der Waals surface area (Å²) in [6.07, 6.45) is 0. The fraction of sp³-hybridized carbons (Fsp3) is 0.429. The van der Waals surface area contributed by atoms with Gasteiger partial charge in [-0.2, -0.15) is 0 Å². The van der Waals surface area contributed by atoms with Gasteiger partial charge in [0, 0.05) is 0 Å². The Morgan fingerprint density at radius 2 is 2.08 bits per heavy atom. The second kappa shape index (κ2) is 7.77. The molecule has 0 spiro atoms. The molecule has 0 aliphatic heterocycles. The number of nitrogens with zero attached hydrogens (tertiary/aromatic N) is 1. The van der Waals surface area contributed by atoms with Gasteiger partial charge in [0.2, 0.25) is 5.97 Å². The fourth-order valence-electron chi connectivity index (χ4n) is 0.401. The number of hydrogen-bond donors (Lipinski definition) is 0. The minimum absolute atomic E-state index is 0. The van der Waals surface area contributed by atoms with Crippen molar-refractivity contribution >= 4 is 11.8 Å². The summed E-state index contributed by atoms with van der Waals surface area (Å²) >= 11 is 0. The van der Waals surface area contributed by atoms with Crippen LogP contribution in [0.2, 0.25) is 0 Å². The smallest absolute Gasteiger partial charge is 0.545 e. The molecule has 0 bridgehead atoms. The van der Waals surface area contributed by atoms with E-state index in [4.69, 9.17) is 5.26 Å². The average molecular weight is 193 g/mol. The molecule has 60 valence electrons. The Bertz CT molecular complexity index is 209. The molecule has 0 heterocycles. The normalized spacial score (nSPS) is 7.42. The van der Waals surface area contributed by atoms with E-state index in [1.807, 2.05) is 0 Å². The third kappa shape index (κ3) is 4.90. The summed E-state index contributed by atoms with van der Waals surface area (Å²) in [4.78, 5) is 21.3. The molecule has 0 aromatic rings. The number of nitriles is 1. The number of esters is 1. The van der Waals surface area contributed by atoms with Crippen LogP contribution in [0.5, 0.6) is 0 Å². The average Bonchev–Trinajstić information content (AvgIpc) is 2.02. The van der Waals surface area contributed by atoms with E-state index < -0.39 is 11.8 Å². The molecule has 0 unspecified atom stereocenters. The van der Waals surface area contributed by atoms with Gasteiger partial charge in [0.15, 0.2) is 0 Å². The molecule has 0 atom stereocenters. The van der Waals surface area contributed by atoms with Crippen LogP contribution in [0.3, 0.4) is 0 Å². The first-order chi connectivity index (χ1) is 5.13. The topological polar surface area (TPSA) is 67.2 Å². The summed E-state index contributed by atoms with van der Waals surface area (Å²) in [5.41, 5.74) is 0. The molecule has 12 heavy (non-hydrogen) atoms. The predicted molar refractivity (Wildman–Crippen MR) is 36.2 cm³/mol. The first-order valence-corrected chi connectivity index (χ1v) is 3.08. The van der Waals surface area contributed by atoms with Gasteiger partial charge in [-0.05, 0) is 13.0 Å². The third-order valence-electron chi connectivity index (χ3n) is 0.969. The van der Waals surface area contributed by atoms with Gasteiger partial charge in [0.05, 0.1) is 6.61 Å². The molecule has 0 fully saturated rings. The molecule has 0 radical (unpaired) electrons. The minimum atomic E-state index is -0.966. The van der Waals surface area contributed by atoms with Gasteiger partial charge >= 0.3 is 51.4 Å².